The average Bonchev–Trinajstić information content (AvgIpc) is 2.07. The Morgan fingerprint density at radius 1 is 0.846 bits per heavy atom. The van der Waals surface area contributed by atoms with Gasteiger partial charge in [0.25, 0.3) is 0 Å². The number of rotatable bonds is 4. The molecule has 0 spiro atoms. The third-order valence-electron chi connectivity index (χ3n) is 2.88. The molecule has 0 aliphatic carbocycles. The van der Waals surface area contributed by atoms with Crippen molar-refractivity contribution in [3.63, 3.8) is 0 Å². The van der Waals surface area contributed by atoms with E-state index in [2.05, 4.69) is 0 Å². The van der Waals surface area contributed by atoms with Crippen molar-refractivity contribution in [2.45, 2.75) is 19.3 Å². The molecule has 1 fully saturated rings. The number of piperidine rings is 1. The average molecular weight is 247 g/mol. The molecule has 0 aromatic heterocycles. The van der Waals surface area contributed by atoms with Gasteiger partial charge in [0.1, 0.15) is 0 Å². The lowest BCUT2D eigenvalue weighted by Crippen LogP contribution is -3.00. The Morgan fingerprint density at radius 3 is 1.69 bits per heavy atom. The van der Waals surface area contributed by atoms with Crippen molar-refractivity contribution in [2.24, 2.45) is 0 Å². The predicted molar refractivity (Wildman–Crippen MR) is 55.0 cm³/mol. The van der Waals surface area contributed by atoms with Crippen LogP contribution in [0.1, 0.15) is 19.3 Å². The van der Waals surface area contributed by atoms with Gasteiger partial charge in [-0.25, -0.2) is 0 Å². The first kappa shape index (κ1) is 13.8. The van der Waals surface area contributed by atoms with Crippen LogP contribution in [0.25, 0.3) is 0 Å². The highest BCUT2D eigenvalue weighted by atomic mass is 35.5. The summed E-state index contributed by atoms with van der Waals surface area (Å²) >= 11 is 11.6. The molecule has 1 aliphatic rings. The van der Waals surface area contributed by atoms with Crippen molar-refractivity contribution in [1.29, 1.82) is 0 Å². The zero-order chi connectivity index (χ0) is 8.86. The molecule has 1 heterocycles. The van der Waals surface area contributed by atoms with Gasteiger partial charge in [-0.1, -0.05) is 0 Å². The number of halogens is 3. The fraction of sp³-hybridized carbons (Fsp3) is 1.00. The standard InChI is InChI=1S/C9H18Cl2N.ClH/c10-4-8-12(9-5-11)6-2-1-3-7-12;/h1-9H2;1H/q+1;/p-1. The van der Waals surface area contributed by atoms with Crippen LogP contribution >= 0.6 is 23.2 Å². The maximum absolute atomic E-state index is 5.80. The summed E-state index contributed by atoms with van der Waals surface area (Å²) in [4.78, 5) is 0. The summed E-state index contributed by atoms with van der Waals surface area (Å²) in [7, 11) is 0. The topological polar surface area (TPSA) is 0 Å². The Kier molecular flexibility index (Phi) is 7.62. The lowest BCUT2D eigenvalue weighted by Gasteiger charge is -2.40. The minimum absolute atomic E-state index is 0. The van der Waals surface area contributed by atoms with Gasteiger partial charge < -0.3 is 16.9 Å². The van der Waals surface area contributed by atoms with E-state index < -0.39 is 0 Å². The van der Waals surface area contributed by atoms with Crippen LogP contribution in [0.5, 0.6) is 0 Å². The van der Waals surface area contributed by atoms with E-state index in [4.69, 9.17) is 23.2 Å². The van der Waals surface area contributed by atoms with E-state index in [9.17, 15) is 0 Å². The molecule has 0 saturated carbocycles. The SMILES string of the molecule is ClCC[N+]1(CCCl)CCCCC1.[Cl-]. The molecule has 1 rings (SSSR count). The Hall–Kier alpha value is 0.830. The molecule has 4 heteroatoms. The number of hydrogen-bond donors (Lipinski definition) is 0. The Morgan fingerprint density at radius 2 is 1.31 bits per heavy atom. The third kappa shape index (κ3) is 4.24. The Labute approximate surface area is 97.4 Å². The van der Waals surface area contributed by atoms with Crippen molar-refractivity contribution in [3.8, 4) is 0 Å². The van der Waals surface area contributed by atoms with Gasteiger partial charge in [0.2, 0.25) is 0 Å². The van der Waals surface area contributed by atoms with E-state index in [-0.39, 0.29) is 12.4 Å². The number of hydrogen-bond acceptors (Lipinski definition) is 0. The van der Waals surface area contributed by atoms with E-state index in [1.54, 1.807) is 0 Å². The molecule has 0 unspecified atom stereocenters. The summed E-state index contributed by atoms with van der Waals surface area (Å²) < 4.78 is 1.17. The monoisotopic (exact) mass is 245 g/mol. The van der Waals surface area contributed by atoms with Crippen LogP contribution < -0.4 is 12.4 Å². The first-order chi connectivity index (χ1) is 5.83. The molecule has 80 valence electrons. The van der Waals surface area contributed by atoms with Gasteiger partial charge in [-0.15, -0.1) is 23.2 Å². The second-order valence-electron chi connectivity index (χ2n) is 3.67. The summed E-state index contributed by atoms with van der Waals surface area (Å²) in [6.45, 7) is 4.79. The zero-order valence-corrected chi connectivity index (χ0v) is 10.2. The summed E-state index contributed by atoms with van der Waals surface area (Å²) in [6.07, 6.45) is 4.10. The van der Waals surface area contributed by atoms with E-state index >= 15 is 0 Å². The van der Waals surface area contributed by atoms with Crippen LogP contribution in [0.15, 0.2) is 0 Å². The van der Waals surface area contributed by atoms with Crippen molar-refractivity contribution < 1.29 is 16.9 Å². The normalized spacial score (nSPS) is 20.8. The fourth-order valence-corrected chi connectivity index (χ4v) is 2.82. The summed E-state index contributed by atoms with van der Waals surface area (Å²) in [5.74, 6) is 1.55. The fourth-order valence-electron chi connectivity index (χ4n) is 2.10. The van der Waals surface area contributed by atoms with Gasteiger partial charge >= 0.3 is 0 Å². The van der Waals surface area contributed by atoms with Crippen LogP contribution in [-0.4, -0.2) is 42.4 Å². The summed E-state index contributed by atoms with van der Waals surface area (Å²) in [5.41, 5.74) is 0. The second-order valence-corrected chi connectivity index (χ2v) is 4.43. The van der Waals surface area contributed by atoms with Crippen LogP contribution in [0.3, 0.4) is 0 Å². The Balaban J connectivity index is 0.00000144. The van der Waals surface area contributed by atoms with Crippen LogP contribution in [0, 0.1) is 0 Å². The molecule has 1 saturated heterocycles. The molecule has 1 aliphatic heterocycles. The minimum Gasteiger partial charge on any atom is -1.00 e. The molecule has 0 aromatic rings. The van der Waals surface area contributed by atoms with Crippen molar-refractivity contribution in [2.75, 3.05) is 37.9 Å². The molecule has 1 nitrogen and oxygen atoms in total. The highest BCUT2D eigenvalue weighted by Gasteiger charge is 2.28. The maximum atomic E-state index is 5.80. The molecule has 0 atom stereocenters. The van der Waals surface area contributed by atoms with Gasteiger partial charge in [-0.05, 0) is 19.3 Å². The van der Waals surface area contributed by atoms with Gasteiger partial charge in [0.15, 0.2) is 0 Å². The lowest BCUT2D eigenvalue weighted by atomic mass is 10.1. The van der Waals surface area contributed by atoms with Gasteiger partial charge in [-0.2, -0.15) is 0 Å². The van der Waals surface area contributed by atoms with E-state index in [1.807, 2.05) is 0 Å². The molecule has 0 amide bonds. The molecule has 0 radical (unpaired) electrons. The maximum Gasteiger partial charge on any atom is 0.0924 e. The first-order valence-corrected chi connectivity index (χ1v) is 5.87. The minimum atomic E-state index is 0. The van der Waals surface area contributed by atoms with Crippen molar-refractivity contribution in [3.05, 3.63) is 0 Å². The molecule has 0 aromatic carbocycles. The van der Waals surface area contributed by atoms with Crippen LogP contribution in [0.4, 0.5) is 0 Å². The molecular weight excluding hydrogens is 228 g/mol. The summed E-state index contributed by atoms with van der Waals surface area (Å²) in [5, 5.41) is 0. The molecule has 0 N–H and O–H groups in total. The van der Waals surface area contributed by atoms with Crippen molar-refractivity contribution >= 4 is 23.2 Å². The van der Waals surface area contributed by atoms with Gasteiger partial charge in [0, 0.05) is 0 Å². The number of nitrogens with zero attached hydrogens (tertiary/aromatic N) is 1. The van der Waals surface area contributed by atoms with E-state index in [0.29, 0.717) is 0 Å². The smallest absolute Gasteiger partial charge is 0.0924 e. The Bertz CT molecular complexity index is 109. The molecule has 0 bridgehead atoms. The predicted octanol–water partition coefficient (Wildman–Crippen LogP) is -0.531. The van der Waals surface area contributed by atoms with Crippen LogP contribution in [0.2, 0.25) is 0 Å². The zero-order valence-electron chi connectivity index (χ0n) is 7.95. The quantitative estimate of drug-likeness (QED) is 0.462. The van der Waals surface area contributed by atoms with Gasteiger partial charge in [-0.3, -0.25) is 0 Å². The molecule has 13 heavy (non-hydrogen) atoms. The largest absolute Gasteiger partial charge is 1.00 e. The molecular formula is C9H18Cl3N. The first-order valence-electron chi connectivity index (χ1n) is 4.80. The second kappa shape index (κ2) is 7.17. The highest BCUT2D eigenvalue weighted by molar-refractivity contribution is 6.18. The van der Waals surface area contributed by atoms with E-state index in [0.717, 1.165) is 24.8 Å². The summed E-state index contributed by atoms with van der Waals surface area (Å²) in [6, 6.07) is 0. The van der Waals surface area contributed by atoms with Crippen molar-refractivity contribution in [1.82, 2.24) is 0 Å². The van der Waals surface area contributed by atoms with Gasteiger partial charge in [0.05, 0.1) is 37.9 Å². The third-order valence-corrected chi connectivity index (χ3v) is 3.22. The number of likely N-dealkylation sites (tertiary alicyclic amines) is 1. The van der Waals surface area contributed by atoms with E-state index in [1.165, 1.54) is 36.8 Å². The lowest BCUT2D eigenvalue weighted by molar-refractivity contribution is -0.928. The highest BCUT2D eigenvalue weighted by Crippen LogP contribution is 2.18. The number of alkyl halides is 2. The number of quaternary nitrogens is 1. The van der Waals surface area contributed by atoms with Crippen LogP contribution in [-0.2, 0) is 0 Å².